The fourth-order valence-electron chi connectivity index (χ4n) is 2.87. The van der Waals surface area contributed by atoms with Gasteiger partial charge in [0, 0.05) is 32.4 Å². The molecule has 120 valence electrons. The van der Waals surface area contributed by atoms with Crippen LogP contribution in [0, 0.1) is 5.92 Å². The normalized spacial score (nSPS) is 20.3. The van der Waals surface area contributed by atoms with Crippen LogP contribution in [0.1, 0.15) is 38.2 Å². The van der Waals surface area contributed by atoms with Crippen LogP contribution in [0.5, 0.6) is 0 Å². The van der Waals surface area contributed by atoms with Crippen molar-refractivity contribution in [3.63, 3.8) is 0 Å². The van der Waals surface area contributed by atoms with Crippen molar-refractivity contribution in [1.29, 1.82) is 0 Å². The third-order valence-electron chi connectivity index (χ3n) is 4.80. The number of hydrogen-bond acceptors (Lipinski definition) is 3. The summed E-state index contributed by atoms with van der Waals surface area (Å²) in [5.41, 5.74) is 7.13. The number of aromatic nitrogens is 1. The molecule has 22 heavy (non-hydrogen) atoms. The molecular formula is C17H27N5. The Morgan fingerprint density at radius 1 is 1.32 bits per heavy atom. The monoisotopic (exact) mass is 301 g/mol. The maximum absolute atomic E-state index is 6.01. The van der Waals surface area contributed by atoms with Crippen molar-refractivity contribution in [3.05, 3.63) is 23.9 Å². The van der Waals surface area contributed by atoms with Crippen molar-refractivity contribution in [3.8, 4) is 0 Å². The average Bonchev–Trinajstić information content (AvgIpc) is 3.38. The first-order valence-electron chi connectivity index (χ1n) is 8.36. The Balaban J connectivity index is 1.56. The summed E-state index contributed by atoms with van der Waals surface area (Å²) >= 11 is 0. The van der Waals surface area contributed by atoms with Gasteiger partial charge in [0.1, 0.15) is 5.82 Å². The fraction of sp³-hybridized carbons (Fsp3) is 0.647. The van der Waals surface area contributed by atoms with Crippen molar-refractivity contribution >= 4 is 11.8 Å². The van der Waals surface area contributed by atoms with E-state index in [9.17, 15) is 0 Å². The number of aliphatic imine (C=N–C) groups is 1. The van der Waals surface area contributed by atoms with Crippen molar-refractivity contribution in [2.45, 2.75) is 45.2 Å². The molecule has 5 nitrogen and oxygen atoms in total. The minimum atomic E-state index is 0.603. The molecule has 1 aliphatic carbocycles. The van der Waals surface area contributed by atoms with Crippen molar-refractivity contribution in [2.75, 3.05) is 25.0 Å². The Morgan fingerprint density at radius 2 is 2.05 bits per heavy atom. The van der Waals surface area contributed by atoms with E-state index >= 15 is 0 Å². The molecule has 2 N–H and O–H groups in total. The molecule has 2 heterocycles. The van der Waals surface area contributed by atoms with E-state index in [0.29, 0.717) is 18.5 Å². The molecule has 2 fully saturated rings. The van der Waals surface area contributed by atoms with E-state index in [-0.39, 0.29) is 0 Å². The molecule has 0 unspecified atom stereocenters. The lowest BCUT2D eigenvalue weighted by Gasteiger charge is -2.31. The van der Waals surface area contributed by atoms with Gasteiger partial charge in [-0.1, -0.05) is 13.0 Å². The number of rotatable bonds is 4. The third kappa shape index (κ3) is 3.70. The van der Waals surface area contributed by atoms with Crippen LogP contribution in [0.25, 0.3) is 0 Å². The highest BCUT2D eigenvalue weighted by atomic mass is 15.3. The number of guanidine groups is 1. The first-order valence-corrected chi connectivity index (χ1v) is 8.36. The van der Waals surface area contributed by atoms with Gasteiger partial charge in [-0.2, -0.15) is 0 Å². The average molecular weight is 301 g/mol. The van der Waals surface area contributed by atoms with Gasteiger partial charge in [-0.05, 0) is 43.2 Å². The number of nitrogens with two attached hydrogens (primary N) is 1. The van der Waals surface area contributed by atoms with E-state index in [0.717, 1.165) is 30.4 Å². The number of nitrogens with zero attached hydrogens (tertiary/aromatic N) is 4. The van der Waals surface area contributed by atoms with Gasteiger partial charge in [0.15, 0.2) is 5.96 Å². The molecule has 1 aliphatic heterocycles. The van der Waals surface area contributed by atoms with Gasteiger partial charge >= 0.3 is 0 Å². The highest BCUT2D eigenvalue weighted by molar-refractivity contribution is 5.78. The summed E-state index contributed by atoms with van der Waals surface area (Å²) in [7, 11) is 2.02. The summed E-state index contributed by atoms with van der Waals surface area (Å²) in [6.45, 7) is 5.16. The molecular weight excluding hydrogens is 274 g/mol. The zero-order chi connectivity index (χ0) is 15.5. The zero-order valence-electron chi connectivity index (χ0n) is 13.7. The largest absolute Gasteiger partial charge is 0.370 e. The van der Waals surface area contributed by atoms with Crippen LogP contribution in [-0.4, -0.2) is 42.0 Å². The molecule has 1 aromatic rings. The van der Waals surface area contributed by atoms with Crippen molar-refractivity contribution in [2.24, 2.45) is 16.6 Å². The smallest absolute Gasteiger partial charge is 0.191 e. The van der Waals surface area contributed by atoms with Gasteiger partial charge in [-0.3, -0.25) is 0 Å². The van der Waals surface area contributed by atoms with E-state index in [1.165, 1.54) is 25.7 Å². The summed E-state index contributed by atoms with van der Waals surface area (Å²) < 4.78 is 0. The van der Waals surface area contributed by atoms with Crippen LogP contribution in [0.4, 0.5) is 5.82 Å². The molecule has 5 heteroatoms. The molecule has 2 aliphatic rings. The summed E-state index contributed by atoms with van der Waals surface area (Å²) in [6, 6.07) is 4.83. The Bertz CT molecular complexity index is 512. The highest BCUT2D eigenvalue weighted by Crippen LogP contribution is 2.25. The van der Waals surface area contributed by atoms with E-state index in [1.807, 2.05) is 13.2 Å². The topological polar surface area (TPSA) is 57.8 Å². The fourth-order valence-corrected chi connectivity index (χ4v) is 2.87. The Labute approximate surface area is 133 Å². The van der Waals surface area contributed by atoms with Gasteiger partial charge in [0.05, 0.1) is 6.54 Å². The summed E-state index contributed by atoms with van der Waals surface area (Å²) in [5.74, 6) is 2.57. The molecule has 3 rings (SSSR count). The summed E-state index contributed by atoms with van der Waals surface area (Å²) in [4.78, 5) is 13.5. The molecule has 0 bridgehead atoms. The van der Waals surface area contributed by atoms with Crippen LogP contribution >= 0.6 is 0 Å². The van der Waals surface area contributed by atoms with E-state index in [2.05, 4.69) is 38.8 Å². The minimum absolute atomic E-state index is 0.603. The standard InChI is InChI=1S/C17H27N5/c1-13-7-9-22(10-8-13)16-6-3-14(11-19-16)12-20-17(18)21(2)15-4-5-15/h3,6,11,13,15H,4-5,7-10,12H2,1-2H3,(H2,18,20). The number of anilines is 1. The Kier molecular flexibility index (Phi) is 4.50. The molecule has 1 aromatic heterocycles. The first-order chi connectivity index (χ1) is 10.6. The maximum Gasteiger partial charge on any atom is 0.191 e. The minimum Gasteiger partial charge on any atom is -0.370 e. The lowest BCUT2D eigenvalue weighted by atomic mass is 9.99. The van der Waals surface area contributed by atoms with Crippen LogP contribution in [0.15, 0.2) is 23.3 Å². The Hall–Kier alpha value is -1.78. The second-order valence-corrected chi connectivity index (χ2v) is 6.71. The molecule has 0 spiro atoms. The highest BCUT2D eigenvalue weighted by Gasteiger charge is 2.27. The molecule has 1 saturated heterocycles. The third-order valence-corrected chi connectivity index (χ3v) is 4.80. The van der Waals surface area contributed by atoms with Gasteiger partial charge in [-0.25, -0.2) is 9.98 Å². The molecule has 0 aromatic carbocycles. The Morgan fingerprint density at radius 3 is 2.64 bits per heavy atom. The van der Waals surface area contributed by atoms with Crippen molar-refractivity contribution < 1.29 is 0 Å². The van der Waals surface area contributed by atoms with E-state index in [4.69, 9.17) is 5.73 Å². The predicted octanol–water partition coefficient (Wildman–Crippen LogP) is 2.23. The van der Waals surface area contributed by atoms with Gasteiger partial charge in [0.2, 0.25) is 0 Å². The van der Waals surface area contributed by atoms with Gasteiger partial charge in [0.25, 0.3) is 0 Å². The summed E-state index contributed by atoms with van der Waals surface area (Å²) in [6.07, 6.45) is 6.92. The van der Waals surface area contributed by atoms with Crippen LogP contribution in [-0.2, 0) is 6.54 Å². The number of piperidine rings is 1. The molecule has 0 radical (unpaired) electrons. The van der Waals surface area contributed by atoms with Crippen LogP contribution < -0.4 is 10.6 Å². The van der Waals surface area contributed by atoms with E-state index < -0.39 is 0 Å². The summed E-state index contributed by atoms with van der Waals surface area (Å²) in [5, 5.41) is 0. The van der Waals surface area contributed by atoms with Crippen molar-refractivity contribution in [1.82, 2.24) is 9.88 Å². The SMILES string of the molecule is CC1CCN(c2ccc(CN=C(N)N(C)C3CC3)cn2)CC1. The van der Waals surface area contributed by atoms with Crippen LogP contribution in [0.2, 0.25) is 0 Å². The van der Waals surface area contributed by atoms with Gasteiger partial charge < -0.3 is 15.5 Å². The zero-order valence-corrected chi connectivity index (χ0v) is 13.7. The molecule has 1 saturated carbocycles. The lowest BCUT2D eigenvalue weighted by molar-refractivity contribution is 0.436. The quantitative estimate of drug-likeness (QED) is 0.684. The van der Waals surface area contributed by atoms with E-state index in [1.54, 1.807) is 0 Å². The number of pyridine rings is 1. The van der Waals surface area contributed by atoms with Gasteiger partial charge in [-0.15, -0.1) is 0 Å². The second-order valence-electron chi connectivity index (χ2n) is 6.71. The molecule has 0 atom stereocenters. The van der Waals surface area contributed by atoms with Crippen LogP contribution in [0.3, 0.4) is 0 Å². The maximum atomic E-state index is 6.01. The first kappa shape index (κ1) is 15.1. The predicted molar refractivity (Wildman–Crippen MR) is 91.0 cm³/mol. The lowest BCUT2D eigenvalue weighted by Crippen LogP contribution is -2.35. The molecule has 0 amide bonds. The number of hydrogen-bond donors (Lipinski definition) is 1. The second kappa shape index (κ2) is 6.55.